The summed E-state index contributed by atoms with van der Waals surface area (Å²) >= 11 is 0. The average molecular weight is 497 g/mol. The van der Waals surface area contributed by atoms with Gasteiger partial charge in [-0.1, -0.05) is 89.2 Å². The van der Waals surface area contributed by atoms with E-state index < -0.39 is 0 Å². The Labute approximate surface area is 219 Å². The van der Waals surface area contributed by atoms with E-state index in [0.29, 0.717) is 0 Å². The van der Waals surface area contributed by atoms with Crippen LogP contribution in [0.1, 0.15) is 103 Å². The van der Waals surface area contributed by atoms with Crippen LogP contribution in [0.5, 0.6) is 23.0 Å². The Morgan fingerprint density at radius 3 is 0.778 bits per heavy atom. The van der Waals surface area contributed by atoms with Crippen LogP contribution >= 0.6 is 0 Å². The summed E-state index contributed by atoms with van der Waals surface area (Å²) in [7, 11) is 0. The molecule has 0 atom stereocenters. The van der Waals surface area contributed by atoms with Crippen molar-refractivity contribution in [3.8, 4) is 23.0 Å². The molecule has 4 nitrogen and oxygen atoms in total. The van der Waals surface area contributed by atoms with Crippen molar-refractivity contribution < 1.29 is 18.9 Å². The molecule has 0 saturated carbocycles. The van der Waals surface area contributed by atoms with Gasteiger partial charge in [0.05, 0.1) is 26.4 Å². The lowest BCUT2D eigenvalue weighted by atomic mass is 10.1. The second-order valence-corrected chi connectivity index (χ2v) is 10.0. The number of hydrogen-bond acceptors (Lipinski definition) is 4. The lowest BCUT2D eigenvalue weighted by Crippen LogP contribution is -2.00. The van der Waals surface area contributed by atoms with Gasteiger partial charge in [-0.2, -0.15) is 0 Å². The van der Waals surface area contributed by atoms with Crippen LogP contribution in [0.25, 0.3) is 0 Å². The molecule has 0 amide bonds. The van der Waals surface area contributed by atoms with Crippen molar-refractivity contribution in [3.05, 3.63) is 48.5 Å². The van der Waals surface area contributed by atoms with Gasteiger partial charge in [0.25, 0.3) is 0 Å². The van der Waals surface area contributed by atoms with E-state index in [1.54, 1.807) is 0 Å². The molecule has 0 saturated heterocycles. The third kappa shape index (κ3) is 13.1. The van der Waals surface area contributed by atoms with Gasteiger partial charge in [-0.3, -0.25) is 0 Å². The van der Waals surface area contributed by atoms with Gasteiger partial charge in [0, 0.05) is 12.1 Å². The summed E-state index contributed by atoms with van der Waals surface area (Å²) in [4.78, 5) is 0. The zero-order valence-corrected chi connectivity index (χ0v) is 22.4. The zero-order chi connectivity index (χ0) is 24.9. The minimum absolute atomic E-state index is 0.785. The van der Waals surface area contributed by atoms with Crippen molar-refractivity contribution >= 4 is 0 Å². The predicted molar refractivity (Wildman–Crippen MR) is 149 cm³/mol. The van der Waals surface area contributed by atoms with Crippen molar-refractivity contribution in [2.24, 2.45) is 0 Å². The van der Waals surface area contributed by atoms with Crippen LogP contribution < -0.4 is 18.9 Å². The minimum atomic E-state index is 0.785. The number of hydrogen-bond donors (Lipinski definition) is 0. The van der Waals surface area contributed by atoms with E-state index in [9.17, 15) is 0 Å². The van der Waals surface area contributed by atoms with E-state index in [4.69, 9.17) is 18.9 Å². The average Bonchev–Trinajstić information content (AvgIpc) is 2.90. The fraction of sp³-hybridized carbons (Fsp3) is 0.625. The van der Waals surface area contributed by atoms with E-state index >= 15 is 0 Å². The fourth-order valence-corrected chi connectivity index (χ4v) is 4.60. The maximum Gasteiger partial charge on any atom is 0.122 e. The largest absolute Gasteiger partial charge is 0.493 e. The standard InChI is InChI=1S/C32H48O4/c1-2-6-10-14-24-34-30-20-18-22-32(28-30)36-26-16-12-8-4-3-7-11-15-25-35-31-21-17-19-29(27-31)33-23-13-9-5-1/h17-22,27-28H,1-16,23-26H2. The zero-order valence-electron chi connectivity index (χ0n) is 22.4. The van der Waals surface area contributed by atoms with E-state index in [1.807, 2.05) is 48.5 Å². The molecule has 0 aromatic heterocycles. The second-order valence-electron chi connectivity index (χ2n) is 10.0. The highest BCUT2D eigenvalue weighted by Crippen LogP contribution is 2.22. The Morgan fingerprint density at radius 2 is 0.528 bits per heavy atom. The van der Waals surface area contributed by atoms with E-state index in [-0.39, 0.29) is 0 Å². The van der Waals surface area contributed by atoms with Crippen LogP contribution in [0.4, 0.5) is 0 Å². The van der Waals surface area contributed by atoms with Crippen LogP contribution in [0.15, 0.2) is 48.5 Å². The summed E-state index contributed by atoms with van der Waals surface area (Å²) in [5, 5.41) is 0. The third-order valence-electron chi connectivity index (χ3n) is 6.76. The van der Waals surface area contributed by atoms with Crippen LogP contribution in [-0.4, -0.2) is 26.4 Å². The van der Waals surface area contributed by atoms with Crippen molar-refractivity contribution in [1.29, 1.82) is 0 Å². The fourth-order valence-electron chi connectivity index (χ4n) is 4.60. The molecule has 0 radical (unpaired) electrons. The van der Waals surface area contributed by atoms with Gasteiger partial charge in [-0.25, -0.2) is 0 Å². The monoisotopic (exact) mass is 496 g/mol. The highest BCUT2D eigenvalue weighted by Gasteiger charge is 2.01. The van der Waals surface area contributed by atoms with Crippen LogP contribution in [0.2, 0.25) is 0 Å². The SMILES string of the molecule is c1cc2cc(c1)OCCCCCCCCCCOc1cccc(c1)OCCCCCCCCCCO2. The third-order valence-corrected chi connectivity index (χ3v) is 6.76. The maximum atomic E-state index is 5.96. The lowest BCUT2D eigenvalue weighted by molar-refractivity contribution is 0.286. The summed E-state index contributed by atoms with van der Waals surface area (Å²) in [5.41, 5.74) is 0. The molecule has 4 bridgehead atoms. The molecule has 200 valence electrons. The Kier molecular flexibility index (Phi) is 14.8. The maximum absolute atomic E-state index is 5.96. The Balaban J connectivity index is 1.36. The van der Waals surface area contributed by atoms with E-state index in [1.165, 1.54) is 77.0 Å². The molecule has 0 spiro atoms. The summed E-state index contributed by atoms with van der Waals surface area (Å²) in [5.74, 6) is 3.69. The predicted octanol–water partition coefficient (Wildman–Crippen LogP) is 9.16. The normalized spacial score (nSPS) is 18.9. The molecule has 2 aromatic carbocycles. The molecule has 3 rings (SSSR count). The second kappa shape index (κ2) is 18.8. The van der Waals surface area contributed by atoms with Gasteiger partial charge >= 0.3 is 0 Å². The van der Waals surface area contributed by atoms with E-state index in [2.05, 4.69) is 0 Å². The molecule has 0 aliphatic carbocycles. The van der Waals surface area contributed by atoms with Gasteiger partial charge < -0.3 is 18.9 Å². The first-order chi connectivity index (χ1) is 17.9. The van der Waals surface area contributed by atoms with E-state index in [0.717, 1.165) is 75.1 Å². The van der Waals surface area contributed by atoms with Gasteiger partial charge in [-0.05, 0) is 49.9 Å². The molecule has 0 unspecified atom stereocenters. The summed E-state index contributed by atoms with van der Waals surface area (Å²) in [6.07, 6.45) is 19.8. The minimum Gasteiger partial charge on any atom is -0.493 e. The summed E-state index contributed by atoms with van der Waals surface area (Å²) in [6, 6.07) is 16.2. The van der Waals surface area contributed by atoms with Gasteiger partial charge in [-0.15, -0.1) is 0 Å². The van der Waals surface area contributed by atoms with Crippen molar-refractivity contribution in [2.45, 2.75) is 103 Å². The molecule has 1 aliphatic rings. The van der Waals surface area contributed by atoms with Crippen LogP contribution in [-0.2, 0) is 0 Å². The van der Waals surface area contributed by atoms with Crippen LogP contribution in [0.3, 0.4) is 0 Å². The lowest BCUT2D eigenvalue weighted by Gasteiger charge is -2.10. The van der Waals surface area contributed by atoms with Crippen molar-refractivity contribution in [1.82, 2.24) is 0 Å². The first kappa shape index (κ1) is 28.2. The number of fused-ring (bicyclic) bond motifs is 4. The number of rotatable bonds is 0. The molecule has 1 aliphatic heterocycles. The molecule has 0 N–H and O–H groups in total. The smallest absolute Gasteiger partial charge is 0.122 e. The molecule has 36 heavy (non-hydrogen) atoms. The summed E-state index contributed by atoms with van der Waals surface area (Å²) in [6.45, 7) is 3.14. The highest BCUT2D eigenvalue weighted by molar-refractivity contribution is 5.33. The molecular weight excluding hydrogens is 448 g/mol. The first-order valence-electron chi connectivity index (χ1n) is 14.6. The van der Waals surface area contributed by atoms with Crippen LogP contribution in [0, 0.1) is 0 Å². The molecule has 1 heterocycles. The highest BCUT2D eigenvalue weighted by atomic mass is 16.5. The number of ether oxygens (including phenoxy) is 4. The Hall–Kier alpha value is -2.36. The first-order valence-corrected chi connectivity index (χ1v) is 14.6. The Morgan fingerprint density at radius 1 is 0.306 bits per heavy atom. The molecule has 0 fully saturated rings. The summed E-state index contributed by atoms with van der Waals surface area (Å²) < 4.78 is 23.8. The molecule has 4 heteroatoms. The topological polar surface area (TPSA) is 36.9 Å². The van der Waals surface area contributed by atoms with Gasteiger partial charge in [0.1, 0.15) is 23.0 Å². The van der Waals surface area contributed by atoms with Gasteiger partial charge in [0.15, 0.2) is 0 Å². The molecule has 2 aromatic rings. The quantitative estimate of drug-likeness (QED) is 0.364. The number of benzene rings is 2. The van der Waals surface area contributed by atoms with Crippen molar-refractivity contribution in [3.63, 3.8) is 0 Å². The molecular formula is C32H48O4. The van der Waals surface area contributed by atoms with Crippen molar-refractivity contribution in [2.75, 3.05) is 26.4 Å². The Bertz CT molecular complexity index is 680. The van der Waals surface area contributed by atoms with Gasteiger partial charge in [0.2, 0.25) is 0 Å².